The van der Waals surface area contributed by atoms with Gasteiger partial charge in [0.25, 0.3) is 0 Å². The van der Waals surface area contributed by atoms with Crippen LogP contribution in [0.4, 0.5) is 0 Å². The van der Waals surface area contributed by atoms with Crippen molar-refractivity contribution in [3.63, 3.8) is 0 Å². The molecular weight excluding hydrogens is 292 g/mol. The summed E-state index contributed by atoms with van der Waals surface area (Å²) in [5, 5.41) is 0. The van der Waals surface area contributed by atoms with Crippen molar-refractivity contribution in [1.29, 1.82) is 0 Å². The number of nitrogens with zero attached hydrogens (tertiary/aromatic N) is 2. The molecule has 1 aromatic heterocycles. The molecule has 0 saturated heterocycles. The Morgan fingerprint density at radius 1 is 1.23 bits per heavy atom. The normalized spacial score (nSPS) is 11.6. The maximum Gasteiger partial charge on any atom is 0.142 e. The number of hydrogen-bond acceptors (Lipinski definition) is 3. The summed E-state index contributed by atoms with van der Waals surface area (Å²) in [5.74, 6) is 0.852. The van der Waals surface area contributed by atoms with Crippen molar-refractivity contribution in [2.24, 2.45) is 0 Å². The smallest absolute Gasteiger partial charge is 0.142 e. The first-order valence-electron chi connectivity index (χ1n) is 7.62. The predicted molar refractivity (Wildman–Crippen MR) is 91.5 cm³/mol. The summed E-state index contributed by atoms with van der Waals surface area (Å²) < 4.78 is 7.84. The molecule has 2 rings (SSSR count). The lowest BCUT2D eigenvalue weighted by Crippen LogP contribution is -2.22. The predicted octanol–water partition coefficient (Wildman–Crippen LogP) is 3.60. The van der Waals surface area contributed by atoms with Gasteiger partial charge in [-0.2, -0.15) is 0 Å². The summed E-state index contributed by atoms with van der Waals surface area (Å²) in [6.07, 6.45) is 3.03. The van der Waals surface area contributed by atoms with E-state index in [-0.39, 0.29) is 0 Å². The molecule has 0 aliphatic rings. The van der Waals surface area contributed by atoms with Crippen LogP contribution in [-0.2, 0) is 22.7 Å². The van der Waals surface area contributed by atoms with Gasteiger partial charge in [0.05, 0.1) is 0 Å². The molecule has 22 heavy (non-hydrogen) atoms. The zero-order chi connectivity index (χ0) is 16.0. The van der Waals surface area contributed by atoms with Gasteiger partial charge in [-0.15, -0.1) is 0 Å². The van der Waals surface area contributed by atoms with Crippen molar-refractivity contribution < 1.29 is 9.53 Å². The second kappa shape index (κ2) is 7.51. The molecule has 0 radical (unpaired) electrons. The number of ether oxygens (including phenoxy) is 1. The third-order valence-corrected chi connectivity index (χ3v) is 5.18. The minimum atomic E-state index is -1.09. The Morgan fingerprint density at radius 3 is 2.59 bits per heavy atom. The first kappa shape index (κ1) is 16.6. The van der Waals surface area contributed by atoms with E-state index in [2.05, 4.69) is 24.6 Å². The molecule has 0 N–H and O–H groups in total. The number of carbonyl (C=O) groups is 1. The van der Waals surface area contributed by atoms with Crippen LogP contribution in [0.2, 0.25) is 25.7 Å². The van der Waals surface area contributed by atoms with Gasteiger partial charge in [-0.3, -0.25) is 0 Å². The standard InChI is InChI=1S/C17H24N2O2Si/c1-22(2,3)12-11-21-14-19-16(9-10-20)13-18-17(19)15-7-5-4-6-8-15/h4-8,10,13H,9,11-12,14H2,1-3H3. The van der Waals surface area contributed by atoms with Crippen molar-refractivity contribution in [3.8, 4) is 11.4 Å². The van der Waals surface area contributed by atoms with E-state index < -0.39 is 8.07 Å². The van der Waals surface area contributed by atoms with Crippen LogP contribution in [0.1, 0.15) is 5.69 Å². The fourth-order valence-electron chi connectivity index (χ4n) is 2.16. The molecule has 0 fully saturated rings. The monoisotopic (exact) mass is 316 g/mol. The van der Waals surface area contributed by atoms with Crippen molar-refractivity contribution in [3.05, 3.63) is 42.2 Å². The van der Waals surface area contributed by atoms with Crippen LogP contribution in [0.15, 0.2) is 36.5 Å². The van der Waals surface area contributed by atoms with Crippen LogP contribution in [0.5, 0.6) is 0 Å². The van der Waals surface area contributed by atoms with Crippen molar-refractivity contribution in [2.75, 3.05) is 6.61 Å². The maximum atomic E-state index is 10.9. The molecule has 5 heteroatoms. The van der Waals surface area contributed by atoms with Gasteiger partial charge < -0.3 is 14.1 Å². The topological polar surface area (TPSA) is 44.1 Å². The van der Waals surface area contributed by atoms with E-state index in [1.165, 1.54) is 0 Å². The van der Waals surface area contributed by atoms with E-state index in [4.69, 9.17) is 4.74 Å². The molecule has 0 saturated carbocycles. The molecule has 0 aliphatic carbocycles. The van der Waals surface area contributed by atoms with Crippen LogP contribution in [0.25, 0.3) is 11.4 Å². The van der Waals surface area contributed by atoms with Crippen LogP contribution < -0.4 is 0 Å². The fraction of sp³-hybridized carbons (Fsp3) is 0.412. The number of carbonyl (C=O) groups excluding carboxylic acids is 1. The Bertz CT molecular complexity index is 603. The molecule has 0 amide bonds. The molecule has 0 atom stereocenters. The largest absolute Gasteiger partial charge is 0.361 e. The number of aromatic nitrogens is 2. The van der Waals surface area contributed by atoms with E-state index in [0.29, 0.717) is 13.2 Å². The minimum absolute atomic E-state index is 0.358. The van der Waals surface area contributed by atoms with E-state index >= 15 is 0 Å². The number of hydrogen-bond donors (Lipinski definition) is 0. The molecule has 1 aromatic carbocycles. The highest BCUT2D eigenvalue weighted by molar-refractivity contribution is 6.76. The SMILES string of the molecule is C[Si](C)(C)CCOCn1c(CC=O)cnc1-c1ccccc1. The number of imidazole rings is 1. The van der Waals surface area contributed by atoms with Gasteiger partial charge >= 0.3 is 0 Å². The van der Waals surface area contributed by atoms with Gasteiger partial charge in [0.2, 0.25) is 0 Å². The second-order valence-electron chi connectivity index (χ2n) is 6.59. The van der Waals surface area contributed by atoms with E-state index in [1.807, 2.05) is 34.9 Å². The van der Waals surface area contributed by atoms with Crippen LogP contribution in [-0.4, -0.2) is 30.5 Å². The van der Waals surface area contributed by atoms with E-state index in [9.17, 15) is 4.79 Å². The summed E-state index contributed by atoms with van der Waals surface area (Å²) in [5.41, 5.74) is 1.93. The Hall–Kier alpha value is -1.72. The lowest BCUT2D eigenvalue weighted by atomic mass is 10.2. The van der Waals surface area contributed by atoms with Gasteiger partial charge in [0, 0.05) is 38.6 Å². The Balaban J connectivity index is 2.13. The van der Waals surface area contributed by atoms with Crippen LogP contribution >= 0.6 is 0 Å². The Kier molecular flexibility index (Phi) is 5.68. The highest BCUT2D eigenvalue weighted by Crippen LogP contribution is 2.20. The summed E-state index contributed by atoms with van der Waals surface area (Å²) in [6, 6.07) is 11.1. The third kappa shape index (κ3) is 4.64. The van der Waals surface area contributed by atoms with Gasteiger partial charge in [0.15, 0.2) is 0 Å². The van der Waals surface area contributed by atoms with Gasteiger partial charge in [-0.1, -0.05) is 50.0 Å². The van der Waals surface area contributed by atoms with Gasteiger partial charge in [0.1, 0.15) is 18.8 Å². The Labute approximate surface area is 133 Å². The zero-order valence-corrected chi connectivity index (χ0v) is 14.6. The quantitative estimate of drug-likeness (QED) is 0.424. The first-order chi connectivity index (χ1) is 10.5. The van der Waals surface area contributed by atoms with E-state index in [1.54, 1.807) is 6.20 Å². The van der Waals surface area contributed by atoms with Crippen molar-refractivity contribution in [2.45, 2.75) is 38.8 Å². The third-order valence-electron chi connectivity index (χ3n) is 3.48. The minimum Gasteiger partial charge on any atom is -0.361 e. The van der Waals surface area contributed by atoms with Gasteiger partial charge in [-0.25, -0.2) is 4.98 Å². The average molecular weight is 316 g/mol. The highest BCUT2D eigenvalue weighted by atomic mass is 28.3. The summed E-state index contributed by atoms with van der Waals surface area (Å²) >= 11 is 0. The molecular formula is C17H24N2O2Si. The van der Waals surface area contributed by atoms with Crippen molar-refractivity contribution >= 4 is 14.4 Å². The average Bonchev–Trinajstić information content (AvgIpc) is 2.87. The lowest BCUT2D eigenvalue weighted by Gasteiger charge is -2.17. The molecule has 118 valence electrons. The van der Waals surface area contributed by atoms with Crippen molar-refractivity contribution in [1.82, 2.24) is 9.55 Å². The molecule has 0 spiro atoms. The molecule has 0 bridgehead atoms. The molecule has 4 nitrogen and oxygen atoms in total. The Morgan fingerprint density at radius 2 is 1.95 bits per heavy atom. The van der Waals surface area contributed by atoms with Crippen LogP contribution in [0.3, 0.4) is 0 Å². The summed E-state index contributed by atoms with van der Waals surface area (Å²) in [6.45, 7) is 8.20. The van der Waals surface area contributed by atoms with Crippen LogP contribution in [0, 0.1) is 0 Å². The second-order valence-corrected chi connectivity index (χ2v) is 12.2. The first-order valence-corrected chi connectivity index (χ1v) is 11.3. The number of rotatable bonds is 8. The van der Waals surface area contributed by atoms with E-state index in [0.717, 1.165) is 36.0 Å². The fourth-order valence-corrected chi connectivity index (χ4v) is 2.91. The highest BCUT2D eigenvalue weighted by Gasteiger charge is 2.14. The zero-order valence-electron chi connectivity index (χ0n) is 13.6. The maximum absolute atomic E-state index is 10.9. The molecule has 1 heterocycles. The van der Waals surface area contributed by atoms with Gasteiger partial charge in [-0.05, 0) is 6.04 Å². The molecule has 2 aromatic rings. The summed E-state index contributed by atoms with van der Waals surface area (Å²) in [7, 11) is -1.09. The molecule has 0 aliphatic heterocycles. The molecule has 0 unspecified atom stereocenters. The summed E-state index contributed by atoms with van der Waals surface area (Å²) in [4.78, 5) is 15.3. The number of aldehydes is 1. The number of benzene rings is 1. The lowest BCUT2D eigenvalue weighted by molar-refractivity contribution is -0.107.